The second kappa shape index (κ2) is 5.74. The van der Waals surface area contributed by atoms with E-state index in [0.717, 1.165) is 33.3 Å². The number of nitrogens with two attached hydrogens (primary N) is 1. The minimum atomic E-state index is 0.736. The maximum absolute atomic E-state index is 6.04. The van der Waals surface area contributed by atoms with Gasteiger partial charge in [0.2, 0.25) is 0 Å². The van der Waals surface area contributed by atoms with Gasteiger partial charge in [-0.3, -0.25) is 4.98 Å². The van der Waals surface area contributed by atoms with Crippen molar-refractivity contribution in [1.82, 2.24) is 4.98 Å². The van der Waals surface area contributed by atoms with E-state index < -0.39 is 0 Å². The molecule has 2 aromatic carbocycles. The molecule has 0 aliphatic carbocycles. The number of aryl methyl sites for hydroxylation is 1. The number of anilines is 2. The summed E-state index contributed by atoms with van der Waals surface area (Å²) in [4.78, 5) is 4.49. The molecule has 0 spiro atoms. The normalized spacial score (nSPS) is 10.8. The number of fused-ring (bicyclic) bond motifs is 1. The van der Waals surface area contributed by atoms with Crippen LogP contribution in [0.1, 0.15) is 11.1 Å². The van der Waals surface area contributed by atoms with Crippen LogP contribution >= 0.6 is 15.9 Å². The first kappa shape index (κ1) is 13.9. The van der Waals surface area contributed by atoms with E-state index in [1.807, 2.05) is 18.2 Å². The molecule has 0 saturated heterocycles. The molecule has 3 rings (SSSR count). The number of nitrogens with zero attached hydrogens (tertiary/aromatic N) is 1. The molecule has 0 amide bonds. The van der Waals surface area contributed by atoms with E-state index in [-0.39, 0.29) is 0 Å². The Morgan fingerprint density at radius 1 is 1.19 bits per heavy atom. The van der Waals surface area contributed by atoms with Crippen molar-refractivity contribution in [3.8, 4) is 0 Å². The van der Waals surface area contributed by atoms with Crippen LogP contribution in [0.4, 0.5) is 11.4 Å². The number of hydrogen-bond acceptors (Lipinski definition) is 3. The minimum Gasteiger partial charge on any atom is -0.398 e. The zero-order chi connectivity index (χ0) is 14.8. The van der Waals surface area contributed by atoms with Crippen LogP contribution in [0.15, 0.2) is 53.1 Å². The minimum absolute atomic E-state index is 0.736. The fraction of sp³-hybridized carbons (Fsp3) is 0.118. The quantitative estimate of drug-likeness (QED) is 0.689. The predicted octanol–water partition coefficient (Wildman–Crippen LogP) is 4.50. The highest BCUT2D eigenvalue weighted by molar-refractivity contribution is 9.10. The van der Waals surface area contributed by atoms with Crippen molar-refractivity contribution in [1.29, 1.82) is 0 Å². The van der Waals surface area contributed by atoms with Crippen molar-refractivity contribution in [2.45, 2.75) is 13.5 Å². The SMILES string of the molecule is Cc1ccccc1CNc1ccc(N)c2cc(Br)cnc12. The topological polar surface area (TPSA) is 50.9 Å². The van der Waals surface area contributed by atoms with Gasteiger partial charge < -0.3 is 11.1 Å². The average Bonchev–Trinajstić information content (AvgIpc) is 2.48. The largest absolute Gasteiger partial charge is 0.398 e. The Morgan fingerprint density at radius 2 is 2.00 bits per heavy atom. The van der Waals surface area contributed by atoms with Gasteiger partial charge in [-0.2, -0.15) is 0 Å². The van der Waals surface area contributed by atoms with Crippen LogP contribution in [-0.4, -0.2) is 4.98 Å². The Balaban J connectivity index is 1.95. The zero-order valence-corrected chi connectivity index (χ0v) is 13.3. The van der Waals surface area contributed by atoms with Gasteiger partial charge in [-0.05, 0) is 52.2 Å². The van der Waals surface area contributed by atoms with Crippen molar-refractivity contribution in [2.75, 3.05) is 11.1 Å². The molecular weight excluding hydrogens is 326 g/mol. The average molecular weight is 342 g/mol. The fourth-order valence-corrected chi connectivity index (χ4v) is 2.69. The maximum Gasteiger partial charge on any atom is 0.0954 e. The molecule has 3 N–H and O–H groups in total. The molecule has 0 unspecified atom stereocenters. The zero-order valence-electron chi connectivity index (χ0n) is 11.7. The molecule has 0 radical (unpaired) electrons. The second-order valence-corrected chi connectivity index (χ2v) is 5.95. The lowest BCUT2D eigenvalue weighted by atomic mass is 10.1. The van der Waals surface area contributed by atoms with Crippen molar-refractivity contribution in [3.63, 3.8) is 0 Å². The molecule has 0 aliphatic heterocycles. The summed E-state index contributed by atoms with van der Waals surface area (Å²) in [7, 11) is 0. The van der Waals surface area contributed by atoms with Crippen LogP contribution < -0.4 is 11.1 Å². The van der Waals surface area contributed by atoms with Gasteiger partial charge in [0.15, 0.2) is 0 Å². The molecule has 0 bridgehead atoms. The third kappa shape index (κ3) is 2.85. The number of pyridine rings is 1. The Morgan fingerprint density at radius 3 is 2.81 bits per heavy atom. The summed E-state index contributed by atoms with van der Waals surface area (Å²) >= 11 is 3.44. The van der Waals surface area contributed by atoms with Crippen molar-refractivity contribution >= 4 is 38.2 Å². The molecule has 21 heavy (non-hydrogen) atoms. The highest BCUT2D eigenvalue weighted by atomic mass is 79.9. The molecule has 0 atom stereocenters. The van der Waals surface area contributed by atoms with Crippen molar-refractivity contribution < 1.29 is 0 Å². The van der Waals surface area contributed by atoms with E-state index in [0.29, 0.717) is 0 Å². The van der Waals surface area contributed by atoms with E-state index in [1.165, 1.54) is 11.1 Å². The summed E-state index contributed by atoms with van der Waals surface area (Å²) in [5.74, 6) is 0. The van der Waals surface area contributed by atoms with E-state index in [4.69, 9.17) is 5.73 Å². The van der Waals surface area contributed by atoms with Crippen LogP contribution in [0.25, 0.3) is 10.9 Å². The molecular formula is C17H16BrN3. The molecule has 0 aliphatic rings. The first-order valence-corrected chi connectivity index (χ1v) is 7.56. The van der Waals surface area contributed by atoms with Crippen molar-refractivity contribution in [3.05, 3.63) is 64.3 Å². The molecule has 3 aromatic rings. The summed E-state index contributed by atoms with van der Waals surface area (Å²) < 4.78 is 0.928. The number of nitrogens with one attached hydrogen (secondary N) is 1. The summed E-state index contributed by atoms with van der Waals surface area (Å²) in [5.41, 5.74) is 11.2. The first-order chi connectivity index (χ1) is 10.1. The fourth-order valence-electron chi connectivity index (χ4n) is 2.36. The van der Waals surface area contributed by atoms with Crippen molar-refractivity contribution in [2.24, 2.45) is 0 Å². The third-order valence-corrected chi connectivity index (χ3v) is 4.01. The lowest BCUT2D eigenvalue weighted by Gasteiger charge is -2.12. The molecule has 106 valence electrons. The van der Waals surface area contributed by atoms with Crippen LogP contribution in [0.5, 0.6) is 0 Å². The van der Waals surface area contributed by atoms with Crippen LogP contribution in [0, 0.1) is 6.92 Å². The number of rotatable bonds is 3. The Hall–Kier alpha value is -2.07. The lowest BCUT2D eigenvalue weighted by molar-refractivity contribution is 1.12. The Kier molecular flexibility index (Phi) is 3.80. The van der Waals surface area contributed by atoms with Gasteiger partial charge in [0.25, 0.3) is 0 Å². The highest BCUT2D eigenvalue weighted by Crippen LogP contribution is 2.29. The van der Waals surface area contributed by atoms with Crippen LogP contribution in [-0.2, 0) is 6.54 Å². The van der Waals surface area contributed by atoms with E-state index in [2.05, 4.69) is 57.4 Å². The third-order valence-electron chi connectivity index (χ3n) is 3.58. The summed E-state index contributed by atoms with van der Waals surface area (Å²) in [5, 5.41) is 4.42. The van der Waals surface area contributed by atoms with E-state index >= 15 is 0 Å². The lowest BCUT2D eigenvalue weighted by Crippen LogP contribution is -2.03. The molecule has 0 saturated carbocycles. The molecule has 0 fully saturated rings. The standard InChI is InChI=1S/C17H16BrN3/c1-11-4-2-3-5-12(11)9-20-16-7-6-15(19)14-8-13(18)10-21-17(14)16/h2-8,10,20H,9,19H2,1H3. The monoisotopic (exact) mass is 341 g/mol. The molecule has 3 nitrogen and oxygen atoms in total. The van der Waals surface area contributed by atoms with Gasteiger partial charge in [0.1, 0.15) is 0 Å². The smallest absolute Gasteiger partial charge is 0.0954 e. The van der Waals surface area contributed by atoms with Gasteiger partial charge >= 0.3 is 0 Å². The summed E-state index contributed by atoms with van der Waals surface area (Å²) in [6.07, 6.45) is 1.79. The highest BCUT2D eigenvalue weighted by Gasteiger charge is 2.06. The molecule has 4 heteroatoms. The van der Waals surface area contributed by atoms with Gasteiger partial charge in [-0.15, -0.1) is 0 Å². The first-order valence-electron chi connectivity index (χ1n) is 6.77. The number of benzene rings is 2. The van der Waals surface area contributed by atoms with E-state index in [1.54, 1.807) is 6.20 Å². The van der Waals surface area contributed by atoms with Crippen LogP contribution in [0.2, 0.25) is 0 Å². The number of nitrogen functional groups attached to an aromatic ring is 1. The number of aromatic nitrogens is 1. The molecule has 1 heterocycles. The van der Waals surface area contributed by atoms with E-state index in [9.17, 15) is 0 Å². The maximum atomic E-state index is 6.04. The summed E-state index contributed by atoms with van der Waals surface area (Å²) in [6.45, 7) is 2.89. The van der Waals surface area contributed by atoms with Gasteiger partial charge in [0, 0.05) is 28.3 Å². The van der Waals surface area contributed by atoms with Crippen LogP contribution in [0.3, 0.4) is 0 Å². The van der Waals surface area contributed by atoms with Gasteiger partial charge in [-0.1, -0.05) is 24.3 Å². The van der Waals surface area contributed by atoms with Gasteiger partial charge in [0.05, 0.1) is 11.2 Å². The van der Waals surface area contributed by atoms with Gasteiger partial charge in [-0.25, -0.2) is 0 Å². The number of halogens is 1. The second-order valence-electron chi connectivity index (χ2n) is 5.03. The Labute approximate surface area is 132 Å². The number of hydrogen-bond donors (Lipinski definition) is 2. The predicted molar refractivity (Wildman–Crippen MR) is 92.4 cm³/mol. The Bertz CT molecular complexity index is 799. The summed E-state index contributed by atoms with van der Waals surface area (Å²) in [6, 6.07) is 14.3. The molecule has 1 aromatic heterocycles.